The van der Waals surface area contributed by atoms with Gasteiger partial charge < -0.3 is 36.4 Å². The molecule has 15 nitrogen and oxygen atoms in total. The van der Waals surface area contributed by atoms with Gasteiger partial charge in [0, 0.05) is 37.3 Å². The average Bonchev–Trinajstić information content (AvgIpc) is 3.32. The van der Waals surface area contributed by atoms with Gasteiger partial charge in [-0.2, -0.15) is 0 Å². The smallest absolute Gasteiger partial charge is 0.330 e. The molecule has 7 N–H and O–H groups in total. The Balaban J connectivity index is 1.96. The Morgan fingerprint density at radius 3 is 2.13 bits per heavy atom. The Morgan fingerprint density at radius 2 is 1.55 bits per heavy atom. The number of primary amides is 1. The summed E-state index contributed by atoms with van der Waals surface area (Å²) in [6, 6.07) is 3.78. The standard InChI is InChI=1S/C31H47N6O9P/c1-20(2)28(36-25(38)10-6-5-7-18-37-26(39)15-16-27(37)40)30(42)35-24(9-8-17-33-31(32)43)29(41)34-23-13-11-22(12-14-23)19-46-47(44,45)21(3)4/h11-16,20-21,24,28H,5-10,17-19H2,1-4H3,(H,34,41)(H,35,42)(H,36,38)(H,44,45)(H3,32,33,43)/t24-,28-/m0/s1. The summed E-state index contributed by atoms with van der Waals surface area (Å²) in [5, 5.41) is 10.6. The van der Waals surface area contributed by atoms with Gasteiger partial charge in [-0.1, -0.05) is 46.2 Å². The third-order valence-corrected chi connectivity index (χ3v) is 9.15. The van der Waals surface area contributed by atoms with Gasteiger partial charge in [-0.3, -0.25) is 33.4 Å². The second-order valence-electron chi connectivity index (χ2n) is 11.9. The Hall–Kier alpha value is -4.07. The van der Waals surface area contributed by atoms with Crippen LogP contribution < -0.4 is 27.0 Å². The molecule has 0 aliphatic carbocycles. The number of rotatable bonds is 20. The van der Waals surface area contributed by atoms with E-state index in [0.29, 0.717) is 36.9 Å². The fourth-order valence-corrected chi connectivity index (χ4v) is 5.07. The highest BCUT2D eigenvalue weighted by Gasteiger charge is 2.29. The molecule has 1 heterocycles. The molecule has 260 valence electrons. The van der Waals surface area contributed by atoms with E-state index in [0.717, 1.165) is 4.90 Å². The van der Waals surface area contributed by atoms with Crippen LogP contribution in [0.5, 0.6) is 0 Å². The van der Waals surface area contributed by atoms with Gasteiger partial charge in [0.25, 0.3) is 11.8 Å². The SMILES string of the molecule is CC(C)[C@H](NC(=O)CCCCCN1C(=O)C=CC1=O)C(=O)N[C@@H](CCCNC(N)=O)C(=O)Nc1ccc(COP(=O)(O)C(C)C)cc1. The number of urea groups is 1. The summed E-state index contributed by atoms with van der Waals surface area (Å²) in [5.74, 6) is -2.44. The van der Waals surface area contributed by atoms with Crippen LogP contribution in [0.15, 0.2) is 36.4 Å². The fourth-order valence-electron chi connectivity index (χ4n) is 4.44. The molecule has 0 aromatic heterocycles. The van der Waals surface area contributed by atoms with Crippen molar-refractivity contribution in [2.75, 3.05) is 18.4 Å². The molecule has 1 unspecified atom stereocenters. The van der Waals surface area contributed by atoms with Crippen molar-refractivity contribution in [1.82, 2.24) is 20.9 Å². The molecular weight excluding hydrogens is 631 g/mol. The molecule has 3 atom stereocenters. The number of amides is 7. The maximum absolute atomic E-state index is 13.3. The van der Waals surface area contributed by atoms with Gasteiger partial charge in [-0.15, -0.1) is 0 Å². The number of anilines is 1. The van der Waals surface area contributed by atoms with Crippen LogP contribution in [0.4, 0.5) is 10.5 Å². The molecule has 2 rings (SSSR count). The average molecular weight is 679 g/mol. The predicted octanol–water partition coefficient (Wildman–Crippen LogP) is 2.30. The van der Waals surface area contributed by atoms with Crippen LogP contribution >= 0.6 is 7.60 Å². The first-order chi connectivity index (χ1) is 22.1. The van der Waals surface area contributed by atoms with Crippen molar-refractivity contribution >= 4 is 48.9 Å². The maximum atomic E-state index is 13.3. The van der Waals surface area contributed by atoms with E-state index >= 15 is 0 Å². The van der Waals surface area contributed by atoms with E-state index < -0.39 is 43.2 Å². The van der Waals surface area contributed by atoms with Crippen molar-refractivity contribution in [3.05, 3.63) is 42.0 Å². The van der Waals surface area contributed by atoms with Crippen molar-refractivity contribution in [1.29, 1.82) is 0 Å². The maximum Gasteiger partial charge on any atom is 0.330 e. The van der Waals surface area contributed by atoms with Crippen LogP contribution in [0.25, 0.3) is 0 Å². The lowest BCUT2D eigenvalue weighted by molar-refractivity contribution is -0.137. The van der Waals surface area contributed by atoms with Crippen molar-refractivity contribution in [3.63, 3.8) is 0 Å². The molecule has 1 aliphatic heterocycles. The van der Waals surface area contributed by atoms with E-state index in [2.05, 4.69) is 21.3 Å². The van der Waals surface area contributed by atoms with E-state index in [-0.39, 0.29) is 56.2 Å². The third kappa shape index (κ3) is 13.7. The van der Waals surface area contributed by atoms with Gasteiger partial charge in [-0.25, -0.2) is 4.79 Å². The first kappa shape index (κ1) is 39.1. The van der Waals surface area contributed by atoms with E-state index in [4.69, 9.17) is 10.3 Å². The molecule has 0 radical (unpaired) electrons. The van der Waals surface area contributed by atoms with Gasteiger partial charge in [0.15, 0.2) is 0 Å². The van der Waals surface area contributed by atoms with E-state index in [1.807, 2.05) is 0 Å². The normalized spacial score (nSPS) is 15.3. The number of nitrogens with one attached hydrogen (secondary N) is 4. The molecule has 1 aliphatic rings. The summed E-state index contributed by atoms with van der Waals surface area (Å²) in [5.41, 5.74) is 5.60. The number of hydrogen-bond acceptors (Lipinski definition) is 8. The minimum absolute atomic E-state index is 0.0909. The summed E-state index contributed by atoms with van der Waals surface area (Å²) >= 11 is 0. The van der Waals surface area contributed by atoms with Gasteiger partial charge in [0.2, 0.25) is 17.7 Å². The lowest BCUT2D eigenvalue weighted by atomic mass is 10.0. The lowest BCUT2D eigenvalue weighted by Crippen LogP contribution is -2.54. The third-order valence-electron chi connectivity index (χ3n) is 7.34. The molecule has 1 aromatic carbocycles. The number of carbonyl (C=O) groups excluding carboxylic acids is 6. The Labute approximate surface area is 274 Å². The summed E-state index contributed by atoms with van der Waals surface area (Å²) in [4.78, 5) is 84.7. The van der Waals surface area contributed by atoms with Gasteiger partial charge in [-0.05, 0) is 49.3 Å². The summed E-state index contributed by atoms with van der Waals surface area (Å²) < 4.78 is 17.2. The van der Waals surface area contributed by atoms with Crippen molar-refractivity contribution in [2.45, 2.75) is 90.6 Å². The number of hydrogen-bond donors (Lipinski definition) is 6. The summed E-state index contributed by atoms with van der Waals surface area (Å²) in [6.07, 6.45) is 4.68. The van der Waals surface area contributed by atoms with Gasteiger partial charge >= 0.3 is 13.6 Å². The van der Waals surface area contributed by atoms with Crippen LogP contribution in [-0.2, 0) is 39.7 Å². The molecule has 47 heavy (non-hydrogen) atoms. The molecule has 0 fully saturated rings. The zero-order chi connectivity index (χ0) is 35.1. The molecule has 0 bridgehead atoms. The first-order valence-electron chi connectivity index (χ1n) is 15.6. The molecule has 0 saturated heterocycles. The number of carbonyl (C=O) groups is 6. The summed E-state index contributed by atoms with van der Waals surface area (Å²) in [6.45, 7) is 7.05. The Bertz CT molecular complexity index is 1330. The van der Waals surface area contributed by atoms with E-state index in [9.17, 15) is 38.2 Å². The number of nitrogens with zero attached hydrogens (tertiary/aromatic N) is 1. The lowest BCUT2D eigenvalue weighted by Gasteiger charge is -2.25. The zero-order valence-electron chi connectivity index (χ0n) is 27.3. The van der Waals surface area contributed by atoms with Crippen molar-refractivity contribution in [3.8, 4) is 0 Å². The minimum Gasteiger partial charge on any atom is -0.352 e. The largest absolute Gasteiger partial charge is 0.352 e. The molecule has 1 aromatic rings. The molecular formula is C31H47N6O9P. The van der Waals surface area contributed by atoms with E-state index in [1.54, 1.807) is 52.0 Å². The summed E-state index contributed by atoms with van der Waals surface area (Å²) in [7, 11) is -3.75. The highest BCUT2D eigenvalue weighted by atomic mass is 31.2. The van der Waals surface area contributed by atoms with Crippen LogP contribution in [-0.4, -0.2) is 76.2 Å². The quantitative estimate of drug-likeness (QED) is 0.0675. The number of imide groups is 1. The zero-order valence-corrected chi connectivity index (χ0v) is 28.2. The molecule has 0 saturated carbocycles. The predicted molar refractivity (Wildman–Crippen MR) is 175 cm³/mol. The Morgan fingerprint density at radius 1 is 0.915 bits per heavy atom. The first-order valence-corrected chi connectivity index (χ1v) is 17.3. The van der Waals surface area contributed by atoms with Crippen molar-refractivity contribution in [2.24, 2.45) is 11.7 Å². The van der Waals surface area contributed by atoms with Crippen molar-refractivity contribution < 1.29 is 42.7 Å². The van der Waals surface area contributed by atoms with Gasteiger partial charge in [0.05, 0.1) is 12.3 Å². The monoisotopic (exact) mass is 678 g/mol. The highest BCUT2D eigenvalue weighted by molar-refractivity contribution is 7.53. The fraction of sp³-hybridized carbons (Fsp3) is 0.548. The second-order valence-corrected chi connectivity index (χ2v) is 14.3. The second kappa shape index (κ2) is 18.9. The van der Waals surface area contributed by atoms with Crippen LogP contribution in [0.3, 0.4) is 0 Å². The number of unbranched alkanes of at least 4 members (excludes halogenated alkanes) is 2. The van der Waals surface area contributed by atoms with E-state index in [1.165, 1.54) is 12.2 Å². The Kier molecular flexibility index (Phi) is 15.7. The molecule has 16 heteroatoms. The highest BCUT2D eigenvalue weighted by Crippen LogP contribution is 2.47. The van der Waals surface area contributed by atoms with Crippen LogP contribution in [0.1, 0.15) is 71.8 Å². The molecule has 7 amide bonds. The number of benzene rings is 1. The van der Waals surface area contributed by atoms with Crippen LogP contribution in [0.2, 0.25) is 0 Å². The number of nitrogens with two attached hydrogens (primary N) is 1. The van der Waals surface area contributed by atoms with Gasteiger partial charge in [0.1, 0.15) is 12.1 Å². The minimum atomic E-state index is -3.75. The topological polar surface area (TPSA) is 226 Å². The van der Waals surface area contributed by atoms with Crippen LogP contribution in [0, 0.1) is 5.92 Å². The molecule has 0 spiro atoms.